The Balaban J connectivity index is 4.46. The Kier molecular flexibility index (Phi) is 13.1. The van der Waals surface area contributed by atoms with Gasteiger partial charge in [-0.2, -0.15) is 0 Å². The average Bonchev–Trinajstić information content (AvgIpc) is 2.45. The Morgan fingerprint density at radius 3 is 1.90 bits per heavy atom. The highest BCUT2D eigenvalue weighted by Crippen LogP contribution is 2.60. The predicted octanol–water partition coefficient (Wildman–Crippen LogP) is 4.45. The topological polar surface area (TPSA) is 38.8 Å². The van der Waals surface area contributed by atoms with Crippen LogP contribution in [0.15, 0.2) is 0 Å². The Morgan fingerprint density at radius 1 is 1.05 bits per heavy atom. The molecule has 0 bridgehead atoms. The number of hydrogen-bond donors (Lipinski definition) is 0. The van der Waals surface area contributed by atoms with Crippen LogP contribution in [0.25, 0.3) is 0 Å². The molecule has 0 fully saturated rings. The Labute approximate surface area is 139 Å². The highest BCUT2D eigenvalue weighted by Gasteiger charge is 2.22. The van der Waals surface area contributed by atoms with Crippen LogP contribution in [-0.2, 0) is 25.6 Å². The second-order valence-electron chi connectivity index (χ2n) is 4.64. The zero-order chi connectivity index (χ0) is 16.1. The van der Waals surface area contributed by atoms with Crippen molar-refractivity contribution in [3.63, 3.8) is 0 Å². The molecular weight excluding hydrogens is 325 g/mol. The smallest absolute Gasteiger partial charge is 0.247 e. The molecule has 0 unspecified atom stereocenters. The molecule has 0 rings (SSSR count). The number of hydrogen-bond acceptors (Lipinski definition) is 5. The lowest BCUT2D eigenvalue weighted by Crippen LogP contribution is -2.34. The summed E-state index contributed by atoms with van der Waals surface area (Å²) >= 11 is 6.81. The molecule has 4 nitrogen and oxygen atoms in total. The lowest BCUT2D eigenvalue weighted by Gasteiger charge is -2.24. The van der Waals surface area contributed by atoms with Crippen LogP contribution in [0.3, 0.4) is 0 Å². The molecule has 0 atom stereocenters. The minimum absolute atomic E-state index is 0.149. The van der Waals surface area contributed by atoms with E-state index in [9.17, 15) is 4.79 Å². The summed E-state index contributed by atoms with van der Waals surface area (Å²) in [4.78, 5) is 14.3. The summed E-state index contributed by atoms with van der Waals surface area (Å²) in [6, 6.07) is 0. The van der Waals surface area contributed by atoms with Gasteiger partial charge < -0.3 is 13.9 Å². The highest BCUT2D eigenvalue weighted by molar-refractivity contribution is 8.68. The first-order valence-electron chi connectivity index (χ1n) is 7.84. The molecule has 0 aliphatic heterocycles. The van der Waals surface area contributed by atoms with Gasteiger partial charge in [-0.15, -0.1) is 0 Å². The maximum Gasteiger partial charge on any atom is 0.247 e. The number of nitrogens with zero attached hydrogens (tertiary/aromatic N) is 1. The van der Waals surface area contributed by atoms with Crippen LogP contribution >= 0.6 is 17.1 Å². The van der Waals surface area contributed by atoms with Gasteiger partial charge in [-0.3, -0.25) is 4.79 Å². The van der Waals surface area contributed by atoms with Crippen LogP contribution in [0.4, 0.5) is 0 Å². The summed E-state index contributed by atoms with van der Waals surface area (Å²) in [6.07, 6.45) is 4.29. The lowest BCUT2D eigenvalue weighted by atomic mass is 10.2. The number of carbonyl (C=O) groups excluding carboxylic acids is 1. The van der Waals surface area contributed by atoms with E-state index >= 15 is 0 Å². The third-order valence-corrected chi connectivity index (χ3v) is 8.23. The van der Waals surface area contributed by atoms with Crippen LogP contribution in [0.1, 0.15) is 53.4 Å². The molecular formula is C14H30NO3PS2. The molecule has 21 heavy (non-hydrogen) atoms. The van der Waals surface area contributed by atoms with Crippen molar-refractivity contribution in [1.82, 2.24) is 4.90 Å². The number of rotatable bonds is 13. The molecule has 0 aliphatic rings. The van der Waals surface area contributed by atoms with Crippen LogP contribution in [-0.4, -0.2) is 42.9 Å². The molecule has 0 radical (unpaired) electrons. The van der Waals surface area contributed by atoms with Crippen LogP contribution in [0.5, 0.6) is 0 Å². The van der Waals surface area contributed by atoms with Gasteiger partial charge >= 0.3 is 0 Å². The van der Waals surface area contributed by atoms with Gasteiger partial charge in [-0.25, -0.2) is 0 Å². The molecule has 0 aliphatic carbocycles. The van der Waals surface area contributed by atoms with E-state index in [4.69, 9.17) is 20.9 Å². The largest absolute Gasteiger partial charge is 0.342 e. The highest BCUT2D eigenvalue weighted by atomic mass is 32.9. The van der Waals surface area contributed by atoms with E-state index in [1.54, 1.807) is 0 Å². The van der Waals surface area contributed by atoms with Gasteiger partial charge in [-0.1, -0.05) is 38.1 Å². The maximum absolute atomic E-state index is 12.4. The summed E-state index contributed by atoms with van der Waals surface area (Å²) in [5.74, 6) is 0.501. The third kappa shape index (κ3) is 9.90. The second kappa shape index (κ2) is 12.9. The Bertz CT molecular complexity index is 311. The number of amides is 1. The van der Waals surface area contributed by atoms with Crippen molar-refractivity contribution in [1.29, 1.82) is 0 Å². The molecule has 0 aromatic heterocycles. The van der Waals surface area contributed by atoms with E-state index in [1.165, 1.54) is 11.4 Å². The summed E-state index contributed by atoms with van der Waals surface area (Å²) in [5, 5.41) is 0. The number of carbonyl (C=O) groups is 1. The molecule has 0 heterocycles. The molecule has 0 spiro atoms. The van der Waals surface area contributed by atoms with Crippen molar-refractivity contribution >= 4 is 34.8 Å². The average molecular weight is 356 g/mol. The molecule has 0 aromatic carbocycles. The van der Waals surface area contributed by atoms with E-state index in [2.05, 4.69) is 13.8 Å². The van der Waals surface area contributed by atoms with Crippen molar-refractivity contribution in [3.8, 4) is 0 Å². The SMILES string of the molecule is CCCCN(CCCC)C(=O)CSP(=S)(OCC)OCC. The van der Waals surface area contributed by atoms with Crippen LogP contribution in [0.2, 0.25) is 0 Å². The minimum atomic E-state index is -2.36. The summed E-state index contributed by atoms with van der Waals surface area (Å²) in [6.45, 7) is 10.8. The normalized spacial score (nSPS) is 11.6. The zero-order valence-corrected chi connectivity index (χ0v) is 16.3. The molecule has 126 valence electrons. The first-order chi connectivity index (χ1) is 10.0. The fourth-order valence-corrected chi connectivity index (χ4v) is 6.01. The van der Waals surface area contributed by atoms with Crippen molar-refractivity contribution < 1.29 is 13.8 Å². The van der Waals surface area contributed by atoms with Gasteiger partial charge in [0.15, 0.2) is 0 Å². The van der Waals surface area contributed by atoms with Gasteiger partial charge in [0.2, 0.25) is 11.6 Å². The zero-order valence-electron chi connectivity index (χ0n) is 13.8. The minimum Gasteiger partial charge on any atom is -0.342 e. The van der Waals surface area contributed by atoms with Crippen molar-refractivity contribution in [2.45, 2.75) is 53.4 Å². The van der Waals surface area contributed by atoms with Gasteiger partial charge in [0.1, 0.15) is 0 Å². The molecule has 7 heteroatoms. The standard InChI is InChI=1S/C14H30NO3PS2/c1-5-9-11-15(12-10-6-2)14(16)13-21-19(20,17-7-3)18-8-4/h5-13H2,1-4H3. The van der Waals surface area contributed by atoms with Crippen molar-refractivity contribution in [2.24, 2.45) is 0 Å². The molecule has 0 saturated carbocycles. The monoisotopic (exact) mass is 355 g/mol. The molecule has 1 amide bonds. The van der Waals surface area contributed by atoms with E-state index in [-0.39, 0.29) is 5.91 Å². The second-order valence-corrected chi connectivity index (χ2v) is 11.0. The van der Waals surface area contributed by atoms with E-state index in [0.717, 1.165) is 38.8 Å². The van der Waals surface area contributed by atoms with Crippen molar-refractivity contribution in [2.75, 3.05) is 32.1 Å². The first-order valence-corrected chi connectivity index (χ1v) is 12.1. The van der Waals surface area contributed by atoms with Gasteiger partial charge in [0, 0.05) is 13.1 Å². The summed E-state index contributed by atoms with van der Waals surface area (Å²) in [5.41, 5.74) is -2.36. The first kappa shape index (κ1) is 21.4. The van der Waals surface area contributed by atoms with Crippen LogP contribution < -0.4 is 0 Å². The fraction of sp³-hybridized carbons (Fsp3) is 0.929. The van der Waals surface area contributed by atoms with Crippen LogP contribution in [0, 0.1) is 0 Å². The molecule has 0 aromatic rings. The predicted molar refractivity (Wildman–Crippen MR) is 96.4 cm³/mol. The van der Waals surface area contributed by atoms with Crippen molar-refractivity contribution in [3.05, 3.63) is 0 Å². The fourth-order valence-electron chi connectivity index (χ4n) is 1.71. The quantitative estimate of drug-likeness (QED) is 0.457. The van der Waals surface area contributed by atoms with Gasteiger partial charge in [0.25, 0.3) is 0 Å². The summed E-state index contributed by atoms with van der Waals surface area (Å²) in [7, 11) is 0. The molecule has 0 N–H and O–H groups in total. The van der Waals surface area contributed by atoms with E-state index in [1.807, 2.05) is 18.7 Å². The van der Waals surface area contributed by atoms with Gasteiger partial charge in [0.05, 0.1) is 19.0 Å². The van der Waals surface area contributed by atoms with E-state index < -0.39 is 5.69 Å². The van der Waals surface area contributed by atoms with Gasteiger partial charge in [-0.05, 0) is 38.5 Å². The maximum atomic E-state index is 12.4. The van der Waals surface area contributed by atoms with E-state index in [0.29, 0.717) is 19.0 Å². The molecule has 0 saturated heterocycles. The Morgan fingerprint density at radius 2 is 1.52 bits per heavy atom. The summed E-state index contributed by atoms with van der Waals surface area (Å²) < 4.78 is 11.1. The third-order valence-electron chi connectivity index (χ3n) is 2.84. The Hall–Kier alpha value is 0.390. The lowest BCUT2D eigenvalue weighted by molar-refractivity contribution is -0.128. The number of unbranched alkanes of at least 4 members (excludes halogenated alkanes) is 2.